The summed E-state index contributed by atoms with van der Waals surface area (Å²) in [6, 6.07) is 1.44. The molecule has 1 aromatic carbocycles. The monoisotopic (exact) mass is 687 g/mol. The molecule has 0 saturated carbocycles. The lowest BCUT2D eigenvalue weighted by molar-refractivity contribution is -0.142. The normalized spacial score (nSPS) is 17.0. The zero-order chi connectivity index (χ0) is 36.5. The van der Waals surface area contributed by atoms with Gasteiger partial charge >= 0.3 is 0 Å². The lowest BCUT2D eigenvalue weighted by Crippen LogP contribution is -2.58. The second-order valence-electron chi connectivity index (χ2n) is 12.2. The average molecular weight is 688 g/mol. The molecule has 17 nitrogen and oxygen atoms in total. The number of benzene rings is 1. The topological polar surface area (TPSA) is 300 Å². The van der Waals surface area contributed by atoms with Gasteiger partial charge in [-0.3, -0.25) is 29.2 Å². The minimum absolute atomic E-state index is 0.0403. The van der Waals surface area contributed by atoms with E-state index in [1.807, 2.05) is 13.8 Å². The number of amides is 4. The summed E-state index contributed by atoms with van der Waals surface area (Å²) in [6.07, 6.45) is 3.43. The molecular weight excluding hydrogens is 634 g/mol. The van der Waals surface area contributed by atoms with E-state index in [0.717, 1.165) is 0 Å². The van der Waals surface area contributed by atoms with Crippen molar-refractivity contribution in [2.24, 2.45) is 44.6 Å². The number of nitrogens with two attached hydrogens (primary N) is 5. The van der Waals surface area contributed by atoms with E-state index in [1.54, 1.807) is 12.1 Å². The van der Waals surface area contributed by atoms with Gasteiger partial charge in [-0.25, -0.2) is 0 Å². The van der Waals surface area contributed by atoms with E-state index in [1.165, 1.54) is 17.0 Å². The molecule has 2 rings (SSSR count). The Kier molecular flexibility index (Phi) is 16.8. The van der Waals surface area contributed by atoms with Gasteiger partial charge in [0.1, 0.15) is 30.2 Å². The van der Waals surface area contributed by atoms with Gasteiger partial charge in [-0.15, -0.1) is 0 Å². The predicted molar refractivity (Wildman–Crippen MR) is 186 cm³/mol. The van der Waals surface area contributed by atoms with Crippen LogP contribution < -0.4 is 44.6 Å². The summed E-state index contributed by atoms with van der Waals surface area (Å²) in [7, 11) is 0. The van der Waals surface area contributed by atoms with Crippen molar-refractivity contribution in [1.29, 1.82) is 0 Å². The van der Waals surface area contributed by atoms with E-state index in [0.29, 0.717) is 44.0 Å². The highest BCUT2D eigenvalue weighted by Gasteiger charge is 2.39. The van der Waals surface area contributed by atoms with Crippen molar-refractivity contribution in [2.75, 3.05) is 19.6 Å². The fourth-order valence-corrected chi connectivity index (χ4v) is 5.37. The summed E-state index contributed by atoms with van der Waals surface area (Å²) in [5.74, 6) is -2.44. The van der Waals surface area contributed by atoms with Crippen molar-refractivity contribution in [1.82, 2.24) is 20.9 Å². The van der Waals surface area contributed by atoms with Crippen LogP contribution in [-0.2, 0) is 30.4 Å². The van der Waals surface area contributed by atoms with E-state index >= 15 is 0 Å². The molecule has 14 N–H and O–H groups in total. The molecule has 1 saturated heterocycles. The summed E-state index contributed by atoms with van der Waals surface area (Å²) in [6.45, 7) is 4.48. The Morgan fingerprint density at radius 3 is 2.12 bits per heavy atom. The third-order valence-electron chi connectivity index (χ3n) is 8.42. The van der Waals surface area contributed by atoms with Gasteiger partial charge < -0.3 is 59.4 Å². The molecule has 49 heavy (non-hydrogen) atoms. The summed E-state index contributed by atoms with van der Waals surface area (Å²) in [5, 5.41) is 18.0. The van der Waals surface area contributed by atoms with Gasteiger partial charge in [0, 0.05) is 26.1 Å². The van der Waals surface area contributed by atoms with Gasteiger partial charge in [0.15, 0.2) is 11.9 Å². The molecule has 0 aliphatic carbocycles. The number of nitrogens with zero attached hydrogens (tertiary/aromatic N) is 3. The number of aromatic hydroxyl groups is 1. The number of aliphatic imine (C=N–C) groups is 2. The molecule has 17 heteroatoms. The van der Waals surface area contributed by atoms with E-state index in [2.05, 4.69) is 25.9 Å². The molecule has 4 amide bonds. The Labute approximate surface area is 286 Å². The van der Waals surface area contributed by atoms with E-state index < -0.39 is 53.8 Å². The largest absolute Gasteiger partial charge is 0.508 e. The summed E-state index contributed by atoms with van der Waals surface area (Å²) in [5.41, 5.74) is 28.3. The number of nitrogens with one attached hydrogen (secondary N) is 3. The van der Waals surface area contributed by atoms with E-state index in [-0.39, 0.29) is 62.5 Å². The molecule has 0 bridgehead atoms. The van der Waals surface area contributed by atoms with Gasteiger partial charge in [0.2, 0.25) is 23.6 Å². The number of guanidine groups is 2. The zero-order valence-electron chi connectivity index (χ0n) is 28.3. The Morgan fingerprint density at radius 1 is 0.939 bits per heavy atom. The molecule has 1 aromatic rings. The molecule has 1 heterocycles. The number of carbonyl (C=O) groups excluding carboxylic acids is 5. The van der Waals surface area contributed by atoms with Crippen LogP contribution in [0.4, 0.5) is 0 Å². The summed E-state index contributed by atoms with van der Waals surface area (Å²) < 4.78 is 0. The minimum Gasteiger partial charge on any atom is -0.508 e. The second-order valence-corrected chi connectivity index (χ2v) is 12.2. The highest BCUT2D eigenvalue weighted by atomic mass is 16.3. The molecule has 1 aliphatic rings. The van der Waals surface area contributed by atoms with Crippen LogP contribution in [0.5, 0.6) is 5.75 Å². The predicted octanol–water partition coefficient (Wildman–Crippen LogP) is -1.94. The van der Waals surface area contributed by atoms with Gasteiger partial charge in [-0.1, -0.05) is 32.4 Å². The van der Waals surface area contributed by atoms with Crippen molar-refractivity contribution in [3.63, 3.8) is 0 Å². The Balaban J connectivity index is 2.25. The van der Waals surface area contributed by atoms with Crippen molar-refractivity contribution >= 4 is 41.8 Å². The Bertz CT molecular complexity index is 1310. The fraction of sp³-hybridized carbons (Fsp3) is 0.594. The van der Waals surface area contributed by atoms with Crippen LogP contribution in [-0.4, -0.2) is 102 Å². The van der Waals surface area contributed by atoms with Crippen LogP contribution >= 0.6 is 0 Å². The second kappa shape index (κ2) is 20.4. The zero-order valence-corrected chi connectivity index (χ0v) is 28.3. The van der Waals surface area contributed by atoms with E-state index in [4.69, 9.17) is 28.7 Å². The quantitative estimate of drug-likeness (QED) is 0.0314. The molecule has 1 aliphatic heterocycles. The number of hydrogen-bond donors (Lipinski definition) is 9. The smallest absolute Gasteiger partial charge is 0.245 e. The van der Waals surface area contributed by atoms with Crippen molar-refractivity contribution in [3.8, 4) is 5.75 Å². The lowest BCUT2D eigenvalue weighted by atomic mass is 9.99. The van der Waals surface area contributed by atoms with Gasteiger partial charge in [0.05, 0.1) is 12.1 Å². The number of likely N-dealkylation sites (tertiary alicyclic amines) is 1. The van der Waals surface area contributed by atoms with Crippen LogP contribution in [0.2, 0.25) is 0 Å². The SMILES string of the molecule is CC[C@H](C)[C@@H](C=O)NC(=O)[C@H](Cc1ccc(O)cc1)NC(=O)[C@@H]1CCCN1C(=O)[C@H](CCCN=C(N)N)NC(=O)[C@@H](N)CCCN=C(N)N. The number of aldehydes is 1. The van der Waals surface area contributed by atoms with Crippen LogP contribution in [0.1, 0.15) is 64.4 Å². The van der Waals surface area contributed by atoms with Crippen LogP contribution in [0, 0.1) is 5.92 Å². The van der Waals surface area contributed by atoms with Crippen LogP contribution in [0.3, 0.4) is 0 Å². The first kappa shape index (κ1) is 40.2. The molecule has 272 valence electrons. The molecule has 0 unspecified atom stereocenters. The van der Waals surface area contributed by atoms with Gasteiger partial charge in [-0.2, -0.15) is 0 Å². The van der Waals surface area contributed by atoms with Crippen molar-refractivity contribution < 1.29 is 29.1 Å². The average Bonchev–Trinajstić information content (AvgIpc) is 3.56. The minimum atomic E-state index is -1.09. The number of phenolic OH excluding ortho intramolecular Hbond substituents is 1. The molecule has 1 fully saturated rings. The summed E-state index contributed by atoms with van der Waals surface area (Å²) in [4.78, 5) is 75.2. The maximum atomic E-state index is 13.9. The maximum absolute atomic E-state index is 13.9. The Hall–Kier alpha value is -4.93. The number of rotatable bonds is 20. The Morgan fingerprint density at radius 2 is 1.55 bits per heavy atom. The molecule has 6 atom stereocenters. The molecule has 0 radical (unpaired) electrons. The maximum Gasteiger partial charge on any atom is 0.245 e. The molecule has 0 spiro atoms. The van der Waals surface area contributed by atoms with Gasteiger partial charge in [-0.05, 0) is 62.1 Å². The van der Waals surface area contributed by atoms with Crippen LogP contribution in [0.25, 0.3) is 0 Å². The summed E-state index contributed by atoms with van der Waals surface area (Å²) >= 11 is 0. The lowest BCUT2D eigenvalue weighted by Gasteiger charge is -2.30. The number of hydrogen-bond acceptors (Lipinski definition) is 9. The fourth-order valence-electron chi connectivity index (χ4n) is 5.37. The number of phenols is 1. The first-order chi connectivity index (χ1) is 23.3. The van der Waals surface area contributed by atoms with Gasteiger partial charge in [0.25, 0.3) is 0 Å². The van der Waals surface area contributed by atoms with Crippen molar-refractivity contribution in [3.05, 3.63) is 29.8 Å². The number of carbonyl (C=O) groups is 5. The first-order valence-electron chi connectivity index (χ1n) is 16.6. The highest BCUT2D eigenvalue weighted by molar-refractivity contribution is 5.95. The third-order valence-corrected chi connectivity index (χ3v) is 8.42. The van der Waals surface area contributed by atoms with Crippen molar-refractivity contribution in [2.45, 2.75) is 95.4 Å². The molecule has 0 aromatic heterocycles. The highest BCUT2D eigenvalue weighted by Crippen LogP contribution is 2.21. The molecular formula is C32H53N11O6. The van der Waals surface area contributed by atoms with E-state index in [9.17, 15) is 29.1 Å². The third kappa shape index (κ3) is 13.6. The van der Waals surface area contributed by atoms with Crippen LogP contribution in [0.15, 0.2) is 34.3 Å². The first-order valence-corrected chi connectivity index (χ1v) is 16.6. The standard InChI is InChI=1S/C32H53N11O6/c1-3-19(2)25(18-44)42-28(47)24(17-20-10-12-21(45)13-11-20)41-29(48)26-9-6-16-43(26)30(49)23(8-5-15-39-32(36)37)40-27(46)22(33)7-4-14-38-31(34)35/h10-13,18-19,22-26,45H,3-9,14-17,33H2,1-2H3,(H,40,46)(H,41,48)(H,42,47)(H4,34,35,38)(H4,36,37,39)/t19-,22-,23-,24-,25+,26-/m0/s1.